The van der Waals surface area contributed by atoms with Crippen molar-refractivity contribution in [2.75, 3.05) is 18.5 Å². The number of nitrogens with one attached hydrogen (secondary N) is 1. The molecule has 1 fully saturated rings. The molecule has 0 atom stereocenters. The first kappa shape index (κ1) is 18.9. The van der Waals surface area contributed by atoms with Crippen molar-refractivity contribution in [1.82, 2.24) is 19.3 Å². The molecule has 0 radical (unpaired) electrons. The quantitative estimate of drug-likeness (QED) is 0.577. The van der Waals surface area contributed by atoms with Crippen LogP contribution in [-0.4, -0.2) is 35.8 Å². The van der Waals surface area contributed by atoms with Crippen LogP contribution >= 0.6 is 0 Å². The van der Waals surface area contributed by atoms with E-state index in [1.54, 1.807) is 0 Å². The van der Waals surface area contributed by atoms with Gasteiger partial charge in [-0.25, -0.2) is 23.1 Å². The number of nitrogens with two attached hydrogens (primary N) is 2. The molecule has 0 bridgehead atoms. The van der Waals surface area contributed by atoms with Crippen LogP contribution in [0.2, 0.25) is 0 Å². The van der Waals surface area contributed by atoms with E-state index in [2.05, 4.69) is 25.5 Å². The zero-order valence-corrected chi connectivity index (χ0v) is 16.5. The maximum absolute atomic E-state index is 11.4. The first-order valence-corrected chi connectivity index (χ1v) is 11.1. The summed E-state index contributed by atoms with van der Waals surface area (Å²) in [7, 11) is -3.26. The van der Waals surface area contributed by atoms with Crippen LogP contribution in [0.15, 0.2) is 36.8 Å². The highest BCUT2D eigenvalue weighted by atomic mass is 32.2. The van der Waals surface area contributed by atoms with Crippen LogP contribution in [0.4, 0.5) is 5.82 Å². The van der Waals surface area contributed by atoms with Gasteiger partial charge in [-0.15, -0.1) is 0 Å². The Hall–Kier alpha value is -2.49. The molecule has 1 aliphatic rings. The fourth-order valence-electron chi connectivity index (χ4n) is 3.79. The molecule has 28 heavy (non-hydrogen) atoms. The number of hydrogen-bond acceptors (Lipinski definition) is 6. The van der Waals surface area contributed by atoms with Crippen LogP contribution in [0.3, 0.4) is 0 Å². The highest BCUT2D eigenvalue weighted by Gasteiger charge is 2.31. The number of benzene rings is 1. The summed E-state index contributed by atoms with van der Waals surface area (Å²) in [5.41, 5.74) is 15.6. The van der Waals surface area contributed by atoms with Gasteiger partial charge in [-0.1, -0.05) is 18.2 Å². The van der Waals surface area contributed by atoms with Crippen molar-refractivity contribution in [1.29, 1.82) is 0 Å². The van der Waals surface area contributed by atoms with Gasteiger partial charge in [0.1, 0.15) is 17.8 Å². The lowest BCUT2D eigenvalue weighted by Gasteiger charge is -2.35. The minimum Gasteiger partial charge on any atom is -0.383 e. The zero-order valence-electron chi connectivity index (χ0n) is 15.7. The largest absolute Gasteiger partial charge is 0.383 e. The number of fused-ring (bicyclic) bond motifs is 1. The summed E-state index contributed by atoms with van der Waals surface area (Å²) >= 11 is 0. The molecule has 1 aromatic carbocycles. The topological polar surface area (TPSA) is 129 Å². The molecule has 3 aromatic rings. The van der Waals surface area contributed by atoms with Crippen molar-refractivity contribution < 1.29 is 8.42 Å². The van der Waals surface area contributed by atoms with Crippen molar-refractivity contribution in [3.05, 3.63) is 42.4 Å². The summed E-state index contributed by atoms with van der Waals surface area (Å²) in [6.07, 6.45) is 6.78. The second-order valence-electron chi connectivity index (χ2n) is 7.43. The fraction of sp³-hybridized carbons (Fsp3) is 0.368. The van der Waals surface area contributed by atoms with Gasteiger partial charge in [0.25, 0.3) is 0 Å². The summed E-state index contributed by atoms with van der Waals surface area (Å²) in [4.78, 5) is 8.66. The van der Waals surface area contributed by atoms with E-state index in [1.807, 2.05) is 24.3 Å². The number of nitrogens with zero attached hydrogens (tertiary/aromatic N) is 3. The van der Waals surface area contributed by atoms with E-state index >= 15 is 0 Å². The second-order valence-corrected chi connectivity index (χ2v) is 9.26. The predicted octanol–water partition coefficient (Wildman–Crippen LogP) is 1.64. The van der Waals surface area contributed by atoms with Gasteiger partial charge < -0.3 is 16.0 Å². The summed E-state index contributed by atoms with van der Waals surface area (Å²) in [6, 6.07) is 8.10. The smallest absolute Gasteiger partial charge is 0.209 e. The summed E-state index contributed by atoms with van der Waals surface area (Å²) < 4.78 is 27.5. The number of nitrogen functional groups attached to an aromatic ring is 1. The molecule has 5 N–H and O–H groups in total. The van der Waals surface area contributed by atoms with Crippen molar-refractivity contribution in [3.8, 4) is 11.1 Å². The lowest BCUT2D eigenvalue weighted by atomic mass is 9.80. The SMILES string of the molecule is CS(=O)(=O)NCc1cccc(-c2cn(C3CC(CN)C3)c3ncnc(N)c23)c1. The molecule has 0 amide bonds. The molecule has 0 unspecified atom stereocenters. The van der Waals surface area contributed by atoms with E-state index in [4.69, 9.17) is 11.5 Å². The van der Waals surface area contributed by atoms with Crippen LogP contribution in [0.25, 0.3) is 22.2 Å². The van der Waals surface area contributed by atoms with Gasteiger partial charge in [-0.05, 0) is 42.5 Å². The molecule has 148 valence electrons. The number of hydrogen-bond donors (Lipinski definition) is 3. The Morgan fingerprint density at radius 3 is 2.79 bits per heavy atom. The number of rotatable bonds is 6. The van der Waals surface area contributed by atoms with Gasteiger partial charge in [-0.3, -0.25) is 0 Å². The minimum absolute atomic E-state index is 0.234. The standard InChI is InChI=1S/C19H24N6O2S/c1-28(26,27)24-9-12-3-2-4-14(5-12)16-10-25(15-6-13(7-15)8-20)19-17(16)18(21)22-11-23-19/h2-5,10-11,13,15,24H,6-9,20H2,1H3,(H2,21,22,23). The first-order valence-electron chi connectivity index (χ1n) is 9.20. The molecule has 0 saturated heterocycles. The molecular formula is C19H24N6O2S. The molecule has 1 saturated carbocycles. The highest BCUT2D eigenvalue weighted by Crippen LogP contribution is 2.42. The average molecular weight is 401 g/mol. The van der Waals surface area contributed by atoms with Crippen LogP contribution in [0, 0.1) is 5.92 Å². The Morgan fingerprint density at radius 1 is 1.29 bits per heavy atom. The maximum atomic E-state index is 11.4. The number of anilines is 1. The van der Waals surface area contributed by atoms with Gasteiger partial charge in [0.2, 0.25) is 10.0 Å². The highest BCUT2D eigenvalue weighted by molar-refractivity contribution is 7.88. The Morgan fingerprint density at radius 2 is 2.07 bits per heavy atom. The summed E-state index contributed by atoms with van der Waals surface area (Å²) in [5.74, 6) is 0.989. The van der Waals surface area contributed by atoms with Crippen molar-refractivity contribution in [2.24, 2.45) is 11.7 Å². The Labute approximate surface area is 164 Å². The van der Waals surface area contributed by atoms with E-state index in [0.29, 0.717) is 24.3 Å². The molecule has 4 rings (SSSR count). The molecule has 0 aliphatic heterocycles. The van der Waals surface area contributed by atoms with Crippen LogP contribution in [0.1, 0.15) is 24.4 Å². The van der Waals surface area contributed by atoms with Crippen LogP contribution < -0.4 is 16.2 Å². The third-order valence-electron chi connectivity index (χ3n) is 5.35. The fourth-order valence-corrected chi connectivity index (χ4v) is 4.22. The summed E-state index contributed by atoms with van der Waals surface area (Å²) in [5, 5.41) is 0.826. The predicted molar refractivity (Wildman–Crippen MR) is 110 cm³/mol. The lowest BCUT2D eigenvalue weighted by molar-refractivity contribution is 0.209. The van der Waals surface area contributed by atoms with Gasteiger partial charge in [0.05, 0.1) is 11.6 Å². The van der Waals surface area contributed by atoms with Gasteiger partial charge >= 0.3 is 0 Å². The van der Waals surface area contributed by atoms with Gasteiger partial charge in [0.15, 0.2) is 0 Å². The summed E-state index contributed by atoms with van der Waals surface area (Å²) in [6.45, 7) is 0.938. The van der Waals surface area contributed by atoms with Gasteiger partial charge in [-0.2, -0.15) is 0 Å². The monoisotopic (exact) mass is 400 g/mol. The molecule has 2 aromatic heterocycles. The average Bonchev–Trinajstić information content (AvgIpc) is 3.00. The van der Waals surface area contributed by atoms with Crippen molar-refractivity contribution >= 4 is 26.9 Å². The molecule has 9 heteroatoms. The molecule has 2 heterocycles. The third kappa shape index (κ3) is 3.60. The van der Waals surface area contributed by atoms with E-state index in [1.165, 1.54) is 6.33 Å². The lowest BCUT2D eigenvalue weighted by Crippen LogP contribution is -2.31. The molecule has 0 spiro atoms. The second kappa shape index (κ2) is 7.16. The Balaban J connectivity index is 1.75. The number of aromatic nitrogens is 3. The Bertz CT molecular complexity index is 1120. The zero-order chi connectivity index (χ0) is 19.9. The Kier molecular flexibility index (Phi) is 4.82. The first-order chi connectivity index (χ1) is 13.4. The molecular weight excluding hydrogens is 376 g/mol. The van der Waals surface area contributed by atoms with E-state index in [-0.39, 0.29) is 6.54 Å². The minimum atomic E-state index is -3.26. The van der Waals surface area contributed by atoms with E-state index < -0.39 is 10.0 Å². The van der Waals surface area contributed by atoms with E-state index in [0.717, 1.165) is 46.8 Å². The van der Waals surface area contributed by atoms with Crippen LogP contribution in [-0.2, 0) is 16.6 Å². The van der Waals surface area contributed by atoms with Crippen molar-refractivity contribution in [3.63, 3.8) is 0 Å². The molecule has 8 nitrogen and oxygen atoms in total. The maximum Gasteiger partial charge on any atom is 0.209 e. The van der Waals surface area contributed by atoms with Crippen LogP contribution in [0.5, 0.6) is 0 Å². The third-order valence-corrected chi connectivity index (χ3v) is 6.02. The van der Waals surface area contributed by atoms with Crippen molar-refractivity contribution in [2.45, 2.75) is 25.4 Å². The normalized spacial score (nSPS) is 19.6. The molecule has 1 aliphatic carbocycles. The number of sulfonamides is 1. The van der Waals surface area contributed by atoms with E-state index in [9.17, 15) is 8.42 Å². The van der Waals surface area contributed by atoms with Gasteiger partial charge in [0, 0.05) is 24.3 Å².